The standard InChI is InChI=1S/C13H23NO/c1-12(2,3)8-7-10-9-11(14-15-10)13(4,5)6/h9H,7-8H2,1-6H3. The molecule has 0 spiro atoms. The highest BCUT2D eigenvalue weighted by molar-refractivity contribution is 5.14. The summed E-state index contributed by atoms with van der Waals surface area (Å²) in [7, 11) is 0. The molecule has 0 saturated heterocycles. The smallest absolute Gasteiger partial charge is 0.137 e. The van der Waals surface area contributed by atoms with Crippen molar-refractivity contribution in [2.45, 2.75) is 59.8 Å². The number of hydrogen-bond acceptors (Lipinski definition) is 2. The molecule has 0 aliphatic rings. The van der Waals surface area contributed by atoms with E-state index in [2.05, 4.69) is 52.8 Å². The van der Waals surface area contributed by atoms with Crippen molar-refractivity contribution in [3.63, 3.8) is 0 Å². The fraction of sp³-hybridized carbons (Fsp3) is 0.769. The van der Waals surface area contributed by atoms with Gasteiger partial charge in [-0.3, -0.25) is 0 Å². The van der Waals surface area contributed by atoms with Crippen molar-refractivity contribution in [3.05, 3.63) is 17.5 Å². The Kier molecular flexibility index (Phi) is 3.27. The highest BCUT2D eigenvalue weighted by atomic mass is 16.5. The van der Waals surface area contributed by atoms with Crippen molar-refractivity contribution < 1.29 is 4.52 Å². The Labute approximate surface area is 93.0 Å². The van der Waals surface area contributed by atoms with Gasteiger partial charge in [-0.2, -0.15) is 0 Å². The molecule has 1 rings (SSSR count). The molecule has 0 saturated carbocycles. The van der Waals surface area contributed by atoms with Gasteiger partial charge in [0.15, 0.2) is 0 Å². The van der Waals surface area contributed by atoms with Crippen LogP contribution in [0.1, 0.15) is 59.4 Å². The van der Waals surface area contributed by atoms with E-state index in [9.17, 15) is 0 Å². The minimum Gasteiger partial charge on any atom is -0.361 e. The molecule has 0 atom stereocenters. The first-order chi connectivity index (χ1) is 6.68. The maximum atomic E-state index is 5.34. The van der Waals surface area contributed by atoms with E-state index in [4.69, 9.17) is 4.52 Å². The summed E-state index contributed by atoms with van der Waals surface area (Å²) in [5.74, 6) is 1.01. The van der Waals surface area contributed by atoms with Gasteiger partial charge in [0.25, 0.3) is 0 Å². The largest absolute Gasteiger partial charge is 0.361 e. The van der Waals surface area contributed by atoms with Gasteiger partial charge < -0.3 is 4.52 Å². The average molecular weight is 209 g/mol. The molecule has 15 heavy (non-hydrogen) atoms. The van der Waals surface area contributed by atoms with Gasteiger partial charge in [-0.15, -0.1) is 0 Å². The fourth-order valence-corrected chi connectivity index (χ4v) is 1.28. The lowest BCUT2D eigenvalue weighted by molar-refractivity contribution is 0.326. The normalized spacial score (nSPS) is 13.2. The quantitative estimate of drug-likeness (QED) is 0.737. The summed E-state index contributed by atoms with van der Waals surface area (Å²) in [6.07, 6.45) is 2.11. The molecule has 0 aliphatic carbocycles. The molecule has 0 bridgehead atoms. The molecule has 1 heterocycles. The predicted octanol–water partition coefficient (Wildman–Crippen LogP) is 3.95. The lowest BCUT2D eigenvalue weighted by atomic mass is 9.89. The summed E-state index contributed by atoms with van der Waals surface area (Å²) in [6.45, 7) is 13.2. The molecule has 86 valence electrons. The molecular weight excluding hydrogens is 186 g/mol. The van der Waals surface area contributed by atoms with Gasteiger partial charge in [-0.05, 0) is 11.8 Å². The first-order valence-corrected chi connectivity index (χ1v) is 5.64. The Morgan fingerprint density at radius 3 is 2.13 bits per heavy atom. The fourth-order valence-electron chi connectivity index (χ4n) is 1.28. The molecule has 2 nitrogen and oxygen atoms in total. The predicted molar refractivity (Wildman–Crippen MR) is 63.0 cm³/mol. The zero-order valence-electron chi connectivity index (χ0n) is 10.8. The number of rotatable bonds is 2. The van der Waals surface area contributed by atoms with Crippen LogP contribution in [0.4, 0.5) is 0 Å². The van der Waals surface area contributed by atoms with Crippen LogP contribution in [0.15, 0.2) is 10.6 Å². The third kappa shape index (κ3) is 4.06. The molecule has 1 aromatic rings. The van der Waals surface area contributed by atoms with E-state index in [0.717, 1.165) is 24.3 Å². The van der Waals surface area contributed by atoms with Crippen molar-refractivity contribution in [2.75, 3.05) is 0 Å². The lowest BCUT2D eigenvalue weighted by Gasteiger charge is -2.16. The molecule has 0 amide bonds. The average Bonchev–Trinajstić information content (AvgIpc) is 2.45. The summed E-state index contributed by atoms with van der Waals surface area (Å²) >= 11 is 0. The second kappa shape index (κ2) is 3.99. The first-order valence-electron chi connectivity index (χ1n) is 5.64. The Morgan fingerprint density at radius 1 is 1.13 bits per heavy atom. The van der Waals surface area contributed by atoms with E-state index >= 15 is 0 Å². The van der Waals surface area contributed by atoms with E-state index in [-0.39, 0.29) is 5.41 Å². The molecule has 1 aromatic heterocycles. The van der Waals surface area contributed by atoms with Crippen molar-refractivity contribution >= 4 is 0 Å². The number of nitrogens with zero attached hydrogens (tertiary/aromatic N) is 1. The van der Waals surface area contributed by atoms with Crippen molar-refractivity contribution in [3.8, 4) is 0 Å². The Morgan fingerprint density at radius 2 is 1.73 bits per heavy atom. The van der Waals surface area contributed by atoms with Gasteiger partial charge in [-0.1, -0.05) is 46.7 Å². The Bertz CT molecular complexity index is 312. The van der Waals surface area contributed by atoms with Crippen LogP contribution in [0.25, 0.3) is 0 Å². The van der Waals surface area contributed by atoms with E-state index < -0.39 is 0 Å². The first kappa shape index (κ1) is 12.3. The lowest BCUT2D eigenvalue weighted by Crippen LogP contribution is -2.11. The van der Waals surface area contributed by atoms with Crippen LogP contribution in [0.3, 0.4) is 0 Å². The number of aromatic nitrogens is 1. The van der Waals surface area contributed by atoms with Gasteiger partial charge in [0, 0.05) is 17.9 Å². The molecule has 0 N–H and O–H groups in total. The summed E-state index contributed by atoms with van der Waals surface area (Å²) < 4.78 is 5.34. The summed E-state index contributed by atoms with van der Waals surface area (Å²) in [6, 6.07) is 2.09. The second-order valence-corrected chi connectivity index (χ2v) is 6.49. The third-order valence-electron chi connectivity index (χ3n) is 2.45. The van der Waals surface area contributed by atoms with Gasteiger partial charge in [0.05, 0.1) is 5.69 Å². The van der Waals surface area contributed by atoms with Crippen LogP contribution in [0.2, 0.25) is 0 Å². The summed E-state index contributed by atoms with van der Waals surface area (Å²) in [5.41, 5.74) is 1.49. The minimum atomic E-state index is 0.0868. The van der Waals surface area contributed by atoms with Crippen LogP contribution in [0, 0.1) is 5.41 Å². The molecular formula is C13H23NO. The molecule has 0 fully saturated rings. The Balaban J connectivity index is 2.62. The molecule has 0 aromatic carbocycles. The van der Waals surface area contributed by atoms with Crippen LogP contribution in [0.5, 0.6) is 0 Å². The van der Waals surface area contributed by atoms with E-state index in [1.807, 2.05) is 0 Å². The summed E-state index contributed by atoms with van der Waals surface area (Å²) in [5, 5.41) is 4.11. The van der Waals surface area contributed by atoms with E-state index in [0.29, 0.717) is 5.41 Å². The van der Waals surface area contributed by atoms with Crippen molar-refractivity contribution in [1.82, 2.24) is 5.16 Å². The monoisotopic (exact) mass is 209 g/mol. The highest BCUT2D eigenvalue weighted by Crippen LogP contribution is 2.25. The molecule has 0 unspecified atom stereocenters. The Hall–Kier alpha value is -0.790. The molecule has 0 radical (unpaired) electrons. The number of aryl methyl sites for hydroxylation is 1. The minimum absolute atomic E-state index is 0.0868. The van der Waals surface area contributed by atoms with Gasteiger partial charge in [-0.25, -0.2) is 0 Å². The zero-order chi connectivity index (χ0) is 11.7. The maximum Gasteiger partial charge on any atom is 0.137 e. The third-order valence-corrected chi connectivity index (χ3v) is 2.45. The van der Waals surface area contributed by atoms with Crippen LogP contribution < -0.4 is 0 Å². The van der Waals surface area contributed by atoms with Crippen molar-refractivity contribution in [2.24, 2.45) is 5.41 Å². The summed E-state index contributed by atoms with van der Waals surface area (Å²) in [4.78, 5) is 0. The molecule has 0 aliphatic heterocycles. The van der Waals surface area contributed by atoms with Crippen LogP contribution >= 0.6 is 0 Å². The topological polar surface area (TPSA) is 26.0 Å². The van der Waals surface area contributed by atoms with E-state index in [1.54, 1.807) is 0 Å². The van der Waals surface area contributed by atoms with Crippen LogP contribution in [-0.4, -0.2) is 5.16 Å². The maximum absolute atomic E-state index is 5.34. The molecule has 2 heteroatoms. The van der Waals surface area contributed by atoms with Gasteiger partial charge >= 0.3 is 0 Å². The van der Waals surface area contributed by atoms with Gasteiger partial charge in [0.2, 0.25) is 0 Å². The highest BCUT2D eigenvalue weighted by Gasteiger charge is 2.19. The van der Waals surface area contributed by atoms with E-state index in [1.165, 1.54) is 0 Å². The SMILES string of the molecule is CC(C)(C)CCc1cc(C(C)(C)C)no1. The van der Waals surface area contributed by atoms with Crippen LogP contribution in [-0.2, 0) is 11.8 Å². The second-order valence-electron chi connectivity index (χ2n) is 6.49. The number of hydrogen-bond donors (Lipinski definition) is 0. The zero-order valence-corrected chi connectivity index (χ0v) is 10.8. The van der Waals surface area contributed by atoms with Crippen molar-refractivity contribution in [1.29, 1.82) is 0 Å². The van der Waals surface area contributed by atoms with Gasteiger partial charge in [0.1, 0.15) is 5.76 Å².